The zero-order valence-corrected chi connectivity index (χ0v) is 19.9. The first kappa shape index (κ1) is 30.8. The third-order valence-electron chi connectivity index (χ3n) is 4.99. The number of aromatic nitrogens is 2. The van der Waals surface area contributed by atoms with E-state index in [-0.39, 0.29) is 31.8 Å². The van der Waals surface area contributed by atoms with Gasteiger partial charge in [0.05, 0.1) is 19.0 Å². The SMILES string of the molecule is NC(N)=NCCCC(N)C(=O)NC(CO)C(=O)NC(CCC(=O)O)C(=O)NC(Cc1cnc[nH]1)C(=O)O. The molecular formula is C20H33N9O8. The van der Waals surface area contributed by atoms with Crippen LogP contribution >= 0.6 is 0 Å². The number of aromatic amines is 1. The molecule has 0 saturated heterocycles. The molecule has 1 aromatic rings. The van der Waals surface area contributed by atoms with Crippen LogP contribution in [-0.4, -0.2) is 98.2 Å². The summed E-state index contributed by atoms with van der Waals surface area (Å²) >= 11 is 0. The lowest BCUT2D eigenvalue weighted by Gasteiger charge is -2.24. The minimum absolute atomic E-state index is 0.118. The minimum atomic E-state index is -1.52. The van der Waals surface area contributed by atoms with Crippen LogP contribution in [0.1, 0.15) is 31.4 Å². The van der Waals surface area contributed by atoms with Gasteiger partial charge in [0, 0.05) is 31.3 Å². The second-order valence-electron chi connectivity index (χ2n) is 7.97. The van der Waals surface area contributed by atoms with E-state index in [1.165, 1.54) is 12.5 Å². The van der Waals surface area contributed by atoms with E-state index in [9.17, 15) is 34.2 Å². The van der Waals surface area contributed by atoms with E-state index in [1.807, 2.05) is 0 Å². The number of carbonyl (C=O) groups excluding carboxylic acids is 3. The number of rotatable bonds is 17. The number of carboxylic acid groups (broad SMARTS) is 2. The Balaban J connectivity index is 2.83. The maximum Gasteiger partial charge on any atom is 0.326 e. The van der Waals surface area contributed by atoms with Crippen molar-refractivity contribution in [3.63, 3.8) is 0 Å². The molecule has 4 unspecified atom stereocenters. The molecule has 0 bridgehead atoms. The van der Waals surface area contributed by atoms with Gasteiger partial charge in [-0.25, -0.2) is 9.78 Å². The molecule has 206 valence electrons. The number of nitrogens with two attached hydrogens (primary N) is 3. The van der Waals surface area contributed by atoms with E-state index < -0.39 is 66.9 Å². The summed E-state index contributed by atoms with van der Waals surface area (Å²) in [7, 11) is 0. The van der Waals surface area contributed by atoms with Gasteiger partial charge in [-0.3, -0.25) is 24.2 Å². The lowest BCUT2D eigenvalue weighted by molar-refractivity contribution is -0.143. The molecule has 0 aliphatic carbocycles. The number of aliphatic hydroxyl groups is 1. The molecule has 0 aliphatic rings. The molecule has 0 radical (unpaired) electrons. The fraction of sp³-hybridized carbons (Fsp3) is 0.550. The van der Waals surface area contributed by atoms with E-state index in [1.54, 1.807) is 0 Å². The van der Waals surface area contributed by atoms with E-state index in [0.717, 1.165) is 0 Å². The van der Waals surface area contributed by atoms with E-state index in [2.05, 4.69) is 30.9 Å². The third kappa shape index (κ3) is 11.8. The lowest BCUT2D eigenvalue weighted by atomic mass is 10.1. The van der Waals surface area contributed by atoms with Gasteiger partial charge in [0.1, 0.15) is 18.1 Å². The van der Waals surface area contributed by atoms with Crippen LogP contribution in [-0.2, 0) is 30.4 Å². The zero-order chi connectivity index (χ0) is 28.0. The van der Waals surface area contributed by atoms with Gasteiger partial charge in [0.25, 0.3) is 0 Å². The molecule has 17 heteroatoms. The topological polar surface area (TPSA) is 301 Å². The Kier molecular flexibility index (Phi) is 13.0. The highest BCUT2D eigenvalue weighted by atomic mass is 16.4. The van der Waals surface area contributed by atoms with Crippen molar-refractivity contribution >= 4 is 35.6 Å². The summed E-state index contributed by atoms with van der Waals surface area (Å²) in [6.07, 6.45) is 2.14. The summed E-state index contributed by atoms with van der Waals surface area (Å²) < 4.78 is 0. The van der Waals surface area contributed by atoms with Crippen molar-refractivity contribution in [1.82, 2.24) is 25.9 Å². The summed E-state index contributed by atoms with van der Waals surface area (Å²) in [5.74, 6) is -5.50. The molecule has 1 heterocycles. The van der Waals surface area contributed by atoms with Gasteiger partial charge in [0.15, 0.2) is 5.96 Å². The molecule has 37 heavy (non-hydrogen) atoms. The molecule has 0 aliphatic heterocycles. The summed E-state index contributed by atoms with van der Waals surface area (Å²) in [6, 6.07) is -5.47. The summed E-state index contributed by atoms with van der Waals surface area (Å²) in [4.78, 5) is 70.6. The number of hydrogen-bond donors (Lipinski definition) is 10. The number of carboxylic acids is 2. The first-order chi connectivity index (χ1) is 17.4. The number of H-pyrrole nitrogens is 1. The normalized spacial score (nSPS) is 13.9. The summed E-state index contributed by atoms with van der Waals surface area (Å²) in [5, 5.41) is 34.8. The molecule has 0 fully saturated rings. The zero-order valence-electron chi connectivity index (χ0n) is 19.9. The number of guanidine groups is 1. The highest BCUT2D eigenvalue weighted by molar-refractivity contribution is 5.94. The number of imidazole rings is 1. The van der Waals surface area contributed by atoms with Gasteiger partial charge in [0.2, 0.25) is 17.7 Å². The van der Waals surface area contributed by atoms with Crippen LogP contribution < -0.4 is 33.2 Å². The number of aliphatic hydroxyl groups excluding tert-OH is 1. The van der Waals surface area contributed by atoms with Gasteiger partial charge in [-0.05, 0) is 19.3 Å². The first-order valence-electron chi connectivity index (χ1n) is 11.2. The molecule has 1 aromatic heterocycles. The Hall–Kier alpha value is -4.25. The molecule has 4 atom stereocenters. The smallest absolute Gasteiger partial charge is 0.326 e. The lowest BCUT2D eigenvalue weighted by Crippen LogP contribution is -2.58. The predicted molar refractivity (Wildman–Crippen MR) is 128 cm³/mol. The van der Waals surface area contributed by atoms with Crippen LogP contribution in [0, 0.1) is 0 Å². The Morgan fingerprint density at radius 1 is 0.973 bits per heavy atom. The predicted octanol–water partition coefficient (Wildman–Crippen LogP) is -4.27. The number of nitrogens with zero attached hydrogens (tertiary/aromatic N) is 2. The van der Waals surface area contributed by atoms with Gasteiger partial charge < -0.3 is 53.5 Å². The summed E-state index contributed by atoms with van der Waals surface area (Å²) in [6.45, 7) is -0.631. The van der Waals surface area contributed by atoms with Gasteiger partial charge >= 0.3 is 11.9 Å². The fourth-order valence-electron chi connectivity index (χ4n) is 3.02. The van der Waals surface area contributed by atoms with Crippen LogP contribution in [0.2, 0.25) is 0 Å². The summed E-state index contributed by atoms with van der Waals surface area (Å²) in [5.41, 5.74) is 16.6. The molecule has 0 spiro atoms. The number of nitrogens with one attached hydrogen (secondary N) is 4. The van der Waals surface area contributed by atoms with E-state index >= 15 is 0 Å². The molecule has 17 nitrogen and oxygen atoms in total. The average Bonchev–Trinajstić information content (AvgIpc) is 3.34. The highest BCUT2D eigenvalue weighted by Crippen LogP contribution is 2.04. The maximum absolute atomic E-state index is 12.8. The monoisotopic (exact) mass is 527 g/mol. The van der Waals surface area contributed by atoms with Crippen molar-refractivity contribution < 1.29 is 39.3 Å². The van der Waals surface area contributed by atoms with Crippen LogP contribution in [0.3, 0.4) is 0 Å². The van der Waals surface area contributed by atoms with Crippen LogP contribution in [0.15, 0.2) is 17.5 Å². The van der Waals surface area contributed by atoms with Crippen LogP contribution in [0.5, 0.6) is 0 Å². The van der Waals surface area contributed by atoms with Crippen molar-refractivity contribution in [3.8, 4) is 0 Å². The quantitative estimate of drug-likeness (QED) is 0.0523. The minimum Gasteiger partial charge on any atom is -0.481 e. The largest absolute Gasteiger partial charge is 0.481 e. The second-order valence-corrected chi connectivity index (χ2v) is 7.97. The van der Waals surface area contributed by atoms with E-state index in [4.69, 9.17) is 22.3 Å². The van der Waals surface area contributed by atoms with Gasteiger partial charge in [-0.15, -0.1) is 0 Å². The molecule has 3 amide bonds. The highest BCUT2D eigenvalue weighted by Gasteiger charge is 2.30. The third-order valence-corrected chi connectivity index (χ3v) is 4.99. The molecule has 13 N–H and O–H groups in total. The van der Waals surface area contributed by atoms with E-state index in [0.29, 0.717) is 12.1 Å². The Morgan fingerprint density at radius 3 is 2.14 bits per heavy atom. The van der Waals surface area contributed by atoms with Crippen molar-refractivity contribution in [1.29, 1.82) is 0 Å². The number of amides is 3. The van der Waals surface area contributed by atoms with Crippen molar-refractivity contribution in [2.45, 2.75) is 56.3 Å². The van der Waals surface area contributed by atoms with Gasteiger partial charge in [-0.1, -0.05) is 0 Å². The van der Waals surface area contributed by atoms with Crippen molar-refractivity contribution in [2.75, 3.05) is 13.2 Å². The van der Waals surface area contributed by atoms with Crippen LogP contribution in [0.25, 0.3) is 0 Å². The first-order valence-corrected chi connectivity index (χ1v) is 11.2. The van der Waals surface area contributed by atoms with Crippen molar-refractivity contribution in [3.05, 3.63) is 18.2 Å². The number of carbonyl (C=O) groups is 5. The van der Waals surface area contributed by atoms with Crippen LogP contribution in [0.4, 0.5) is 0 Å². The Labute approximate surface area is 211 Å². The standard InChI is InChI=1S/C20H33N9O8/c21-11(2-1-5-25-20(22)23)16(33)29-14(8-30)18(35)27-12(3-4-15(31)32)17(34)28-13(19(36)37)6-10-7-24-9-26-10/h7,9,11-14,30H,1-6,8,21H2,(H,24,26)(H,27,35)(H,28,34)(H,29,33)(H,31,32)(H,36,37)(H4,22,23,25). The Morgan fingerprint density at radius 2 is 1.59 bits per heavy atom. The molecule has 0 aromatic carbocycles. The average molecular weight is 528 g/mol. The van der Waals surface area contributed by atoms with Gasteiger partial charge in [-0.2, -0.15) is 0 Å². The number of aliphatic carboxylic acids is 2. The molecule has 0 saturated carbocycles. The second kappa shape index (κ2) is 15.7. The molecular weight excluding hydrogens is 494 g/mol. The van der Waals surface area contributed by atoms with Crippen molar-refractivity contribution in [2.24, 2.45) is 22.2 Å². The molecule has 1 rings (SSSR count). The number of aliphatic imine (C=N–C) groups is 1. The fourth-order valence-corrected chi connectivity index (χ4v) is 3.02. The maximum atomic E-state index is 12.8. The Bertz CT molecular complexity index is 950. The number of hydrogen-bond acceptors (Lipinski definition) is 9.